The second-order valence-corrected chi connectivity index (χ2v) is 33.2. The number of amides is 1. The van der Waals surface area contributed by atoms with Crippen LogP contribution >= 0.6 is 0 Å². The van der Waals surface area contributed by atoms with Gasteiger partial charge in [0.2, 0.25) is 5.79 Å². The Morgan fingerprint density at radius 2 is 1.43 bits per heavy atom. The van der Waals surface area contributed by atoms with Crippen molar-refractivity contribution in [3.63, 3.8) is 0 Å². The lowest BCUT2D eigenvalue weighted by atomic mass is 9.77. The van der Waals surface area contributed by atoms with Crippen molar-refractivity contribution >= 4 is 74.9 Å². The van der Waals surface area contributed by atoms with Crippen molar-refractivity contribution in [2.45, 2.75) is 238 Å². The molecule has 4 aromatic heterocycles. The number of piperidine rings is 1. The van der Waals surface area contributed by atoms with Crippen LogP contribution < -0.4 is 11.5 Å². The molecular weight excluding hydrogens is 1600 g/mol. The molecule has 34 nitrogen and oxygen atoms in total. The minimum atomic E-state index is -2.47. The second kappa shape index (κ2) is 51.3. The molecule has 1 amide bonds. The van der Waals surface area contributed by atoms with Crippen LogP contribution in [0.4, 0.5) is 11.8 Å². The fourth-order valence-corrected chi connectivity index (χ4v) is 16.5. The number of ketones is 4. The Balaban J connectivity index is 0.614. The molecule has 3 fully saturated rings. The van der Waals surface area contributed by atoms with Gasteiger partial charge in [-0.25, -0.2) is 24.1 Å². The fourth-order valence-electron chi connectivity index (χ4n) is 16.5. The number of hydrogen-bond donors (Lipinski definition) is 4. The third kappa shape index (κ3) is 29.8. The fraction of sp³-hybridized carbons (Fsp3) is 0.678. The predicted octanol–water partition coefficient (Wildman–Crippen LogP) is 9.92. The number of unbranched alkanes of at least 4 members (excludes halogenated alkanes) is 2. The van der Waals surface area contributed by atoms with Crippen LogP contribution in [0.25, 0.3) is 33.4 Å². The van der Waals surface area contributed by atoms with Gasteiger partial charge in [0.1, 0.15) is 71.6 Å². The molecule has 15 atom stereocenters. The first-order valence-electron chi connectivity index (χ1n) is 44.0. The number of aliphatic hydroxyl groups is 2. The van der Waals surface area contributed by atoms with Crippen LogP contribution in [-0.4, -0.2) is 265 Å². The van der Waals surface area contributed by atoms with E-state index < -0.39 is 89.6 Å². The molecule has 2 bridgehead atoms. The number of Topliss-reactive ketones (excluding diaryl/α,β-unsaturated/α-hetero) is 4. The lowest BCUT2D eigenvalue weighted by Gasteiger charge is -2.42. The summed E-state index contributed by atoms with van der Waals surface area (Å²) >= 11 is 0. The molecule has 0 spiro atoms. The number of rotatable bonds is 41. The summed E-state index contributed by atoms with van der Waals surface area (Å²) in [6.45, 7) is 17.9. The summed E-state index contributed by atoms with van der Waals surface area (Å²) < 4.78 is 84.1. The number of aromatic nitrogens is 8. The van der Waals surface area contributed by atoms with Gasteiger partial charge >= 0.3 is 11.9 Å². The molecule has 6 N–H and O–H groups in total. The van der Waals surface area contributed by atoms with Crippen molar-refractivity contribution in [3.8, 4) is 11.3 Å². The SMILES string of the molecule is CO[C@H]1C[C@@H]2CC[C@@H](C)[C@@](O)(O2)C(=O)C(=O)N2CCCC[C@H]2C(=O)O[C@H]([C@H](C)C[C@@H]2CC[C@H](n3cc(COCCOCCOCCOCCC(=O)OCCOCCOCCOCCCC(=O)CCCCCn4nc(-c5ccc6oc(N)nc6c5)c5c(N)ncnc54)nn3)[C@H](OC)C2)CC(=O)[C@H](C)/C=C(\C)[C@@H](O)[C@@H](OC)C(=O)[C@H](C)C[C@H](C)/C=C/C=C/C=C/1C. The maximum absolute atomic E-state index is 14.8. The average Bonchev–Trinajstić information content (AvgIpc) is 1.45. The van der Waals surface area contributed by atoms with Crippen LogP contribution in [0.15, 0.2) is 82.7 Å². The number of esters is 2. The number of aryl methyl sites for hydroxylation is 1. The maximum Gasteiger partial charge on any atom is 0.329 e. The number of aliphatic hydroxyl groups excluding tert-OH is 1. The third-order valence-corrected chi connectivity index (χ3v) is 23.7. The smallest absolute Gasteiger partial charge is 0.329 e. The van der Waals surface area contributed by atoms with Gasteiger partial charge < -0.3 is 92.6 Å². The minimum absolute atomic E-state index is 0.0133. The predicted molar refractivity (Wildman–Crippen MR) is 458 cm³/mol. The number of ether oxygens (including phenoxy) is 13. The Kier molecular flexibility index (Phi) is 41.1. The van der Waals surface area contributed by atoms with Crippen molar-refractivity contribution in [1.29, 1.82) is 0 Å². The van der Waals surface area contributed by atoms with Crippen LogP contribution in [-0.2, 0) is 108 Å². The van der Waals surface area contributed by atoms with Gasteiger partial charge in [-0.3, -0.25) is 28.8 Å². The molecule has 34 heteroatoms. The number of nitrogens with zero attached hydrogens (tertiary/aromatic N) is 9. The normalized spacial score (nSPS) is 26.9. The zero-order valence-electron chi connectivity index (χ0n) is 74.0. The van der Waals surface area contributed by atoms with Crippen molar-refractivity contribution < 1.29 is 110 Å². The molecule has 9 rings (SSSR count). The highest BCUT2D eigenvalue weighted by atomic mass is 16.6. The van der Waals surface area contributed by atoms with Gasteiger partial charge in [0.25, 0.3) is 17.7 Å². The number of hydrogen-bond acceptors (Lipinski definition) is 31. The highest BCUT2D eigenvalue weighted by Gasteiger charge is 2.53. The molecule has 0 radical (unpaired) electrons. The topological polar surface area (TPSA) is 436 Å². The number of oxazole rings is 1. The number of fused-ring (bicyclic) bond motifs is 5. The number of carbonyl (C=O) groups is 7. The van der Waals surface area contributed by atoms with Crippen molar-refractivity contribution in [3.05, 3.63) is 84.0 Å². The number of cyclic esters (lactones) is 1. The average molecular weight is 1740 g/mol. The van der Waals surface area contributed by atoms with E-state index in [0.29, 0.717) is 201 Å². The van der Waals surface area contributed by atoms with Gasteiger partial charge in [-0.05, 0) is 144 Å². The molecule has 4 aliphatic rings. The Morgan fingerprint density at radius 1 is 0.726 bits per heavy atom. The first-order valence-corrected chi connectivity index (χ1v) is 44.0. The van der Waals surface area contributed by atoms with Gasteiger partial charge in [0, 0.05) is 90.0 Å². The van der Waals surface area contributed by atoms with E-state index in [1.54, 1.807) is 47.1 Å². The zero-order chi connectivity index (χ0) is 89.1. The number of nitrogens with two attached hydrogens (primary N) is 2. The molecule has 686 valence electrons. The number of nitrogen functional groups attached to an aromatic ring is 2. The first kappa shape index (κ1) is 99.3. The summed E-state index contributed by atoms with van der Waals surface area (Å²) in [5, 5.41) is 38.2. The van der Waals surface area contributed by atoms with Gasteiger partial charge in [-0.15, -0.1) is 5.10 Å². The van der Waals surface area contributed by atoms with Crippen LogP contribution in [0, 0.1) is 35.5 Å². The van der Waals surface area contributed by atoms with Crippen molar-refractivity contribution in [1.82, 2.24) is 44.6 Å². The van der Waals surface area contributed by atoms with Gasteiger partial charge in [0.15, 0.2) is 17.0 Å². The zero-order valence-corrected chi connectivity index (χ0v) is 74.0. The molecule has 5 aromatic rings. The Labute approximate surface area is 726 Å². The van der Waals surface area contributed by atoms with Crippen LogP contribution in [0.1, 0.15) is 182 Å². The summed E-state index contributed by atoms with van der Waals surface area (Å²) in [6, 6.07) is 4.25. The Morgan fingerprint density at radius 3 is 2.15 bits per heavy atom. The largest absolute Gasteiger partial charge is 0.463 e. The van der Waals surface area contributed by atoms with E-state index in [4.69, 9.17) is 82.6 Å². The van der Waals surface area contributed by atoms with E-state index in [0.717, 1.165) is 36.8 Å². The van der Waals surface area contributed by atoms with E-state index in [-0.39, 0.29) is 99.6 Å². The molecule has 7 heterocycles. The van der Waals surface area contributed by atoms with E-state index in [1.807, 2.05) is 85.8 Å². The highest BCUT2D eigenvalue weighted by molar-refractivity contribution is 6.39. The third-order valence-electron chi connectivity index (χ3n) is 23.7. The molecule has 1 saturated carbocycles. The standard InChI is InChI=1S/C90H133N11O23/c1-58-20-13-11-14-21-59(2)75(111-8)53-69-28-25-64(7)90(110,124-69)84(107)87(108)99-32-18-16-24-72(99)88(109)122-76(54-73(103)60(3)49-63(6)82(106)83(113-10)81(105)62(5)48-58)61(4)50-65-26-29-71(77(51-65)112-9)101-55-67(96-98-101)56-120-45-44-118-41-40-117-39-37-115-35-31-78(104)121-47-46-119-43-42-116-38-36-114-34-19-23-68(102)22-15-12-17-33-100-86-79(85(91)93-57-94-86)80(97-100)66-27-30-74-70(52-66)95-89(92)123-74/h11,13-14,20-21,27,30,49,52,55,57-58,60-62,64-65,69,71-72,75-77,82-83,106,110H,12,15-19,22-26,28-29,31-48,50-51,53-54,56H2,1-10H3,(H2,92,95)(H2,91,93,94)/b14-11+,20-13+,59-21+,63-49+/t58-,60-,61-,62-,64-,65+,69+,71+,72+,75+,76+,77-,82-,83+,90-/m1/s1. The molecule has 124 heavy (non-hydrogen) atoms. The van der Waals surface area contributed by atoms with E-state index >= 15 is 0 Å². The minimum Gasteiger partial charge on any atom is -0.463 e. The lowest BCUT2D eigenvalue weighted by Crippen LogP contribution is -2.61. The van der Waals surface area contributed by atoms with E-state index in [9.17, 15) is 43.8 Å². The molecule has 0 unspecified atom stereocenters. The quantitative estimate of drug-likeness (QED) is 0.0122. The van der Waals surface area contributed by atoms with E-state index in [1.165, 1.54) is 18.3 Å². The van der Waals surface area contributed by atoms with Crippen molar-refractivity contribution in [2.24, 2.45) is 35.5 Å². The monoisotopic (exact) mass is 1740 g/mol. The van der Waals surface area contributed by atoms with Crippen LogP contribution in [0.5, 0.6) is 0 Å². The number of allylic oxidation sites excluding steroid dienone is 6. The number of carbonyl (C=O) groups excluding carboxylic acids is 7. The maximum atomic E-state index is 14.8. The summed E-state index contributed by atoms with van der Waals surface area (Å²) in [7, 11) is 4.60. The first-order chi connectivity index (χ1) is 59.8. The summed E-state index contributed by atoms with van der Waals surface area (Å²) in [5.41, 5.74) is 17.1. The summed E-state index contributed by atoms with van der Waals surface area (Å²) in [4.78, 5) is 111. The number of anilines is 2. The lowest BCUT2D eigenvalue weighted by molar-refractivity contribution is -0.265. The number of benzene rings is 1. The molecule has 2 saturated heterocycles. The Hall–Kier alpha value is -8.49. The number of methoxy groups -OCH3 is 3. The van der Waals surface area contributed by atoms with Gasteiger partial charge in [-0.1, -0.05) is 82.7 Å². The molecular formula is C90H133N11O23. The van der Waals surface area contributed by atoms with Crippen molar-refractivity contribution in [2.75, 3.05) is 132 Å². The molecule has 1 aliphatic carbocycles. The molecule has 1 aromatic carbocycles. The highest BCUT2D eigenvalue weighted by Crippen LogP contribution is 2.41. The van der Waals surface area contributed by atoms with Crippen LogP contribution in [0.3, 0.4) is 0 Å². The summed E-state index contributed by atoms with van der Waals surface area (Å²) in [6.07, 6.45) is 18.8. The van der Waals surface area contributed by atoms with Gasteiger partial charge in [0.05, 0.1) is 128 Å². The van der Waals surface area contributed by atoms with Gasteiger partial charge in [-0.2, -0.15) is 10.1 Å². The van der Waals surface area contributed by atoms with Crippen LogP contribution in [0.2, 0.25) is 0 Å². The Bertz CT molecular complexity index is 4330. The second-order valence-electron chi connectivity index (χ2n) is 33.2. The van der Waals surface area contributed by atoms with E-state index in [2.05, 4.69) is 25.3 Å². The summed E-state index contributed by atoms with van der Waals surface area (Å²) in [5.74, 6) is -8.27. The molecule has 3 aliphatic heterocycles.